The molecule has 102 valence electrons. The van der Waals surface area contributed by atoms with Crippen molar-refractivity contribution in [3.63, 3.8) is 0 Å². The molecular weight excluding hydrogens is 232 g/mol. The Kier molecular flexibility index (Phi) is 9.65. The van der Waals surface area contributed by atoms with E-state index in [9.17, 15) is 4.79 Å². The summed E-state index contributed by atoms with van der Waals surface area (Å²) in [6, 6.07) is 0.224. The third-order valence-electron chi connectivity index (χ3n) is 3.13. The van der Waals surface area contributed by atoms with Gasteiger partial charge in [-0.05, 0) is 39.0 Å². The summed E-state index contributed by atoms with van der Waals surface area (Å²) in [5.74, 6) is 0.121. The van der Waals surface area contributed by atoms with Crippen LogP contribution in [0.5, 0.6) is 0 Å². The zero-order valence-corrected chi connectivity index (χ0v) is 12.7. The van der Waals surface area contributed by atoms with E-state index >= 15 is 0 Å². The molecule has 0 heterocycles. The first-order valence-corrected chi connectivity index (χ1v) is 7.90. The van der Waals surface area contributed by atoms with E-state index in [0.717, 1.165) is 25.8 Å². The number of rotatable bonds is 9. The molecule has 0 aromatic heterocycles. The van der Waals surface area contributed by atoms with Crippen LogP contribution in [0.2, 0.25) is 0 Å². The minimum absolute atomic E-state index is 0.0929. The number of nitrogens with one attached hydrogen (secondary N) is 2. The molecule has 0 aromatic carbocycles. The molecule has 2 N–H and O–H groups in total. The van der Waals surface area contributed by atoms with Crippen LogP contribution in [0, 0.1) is 0 Å². The van der Waals surface area contributed by atoms with E-state index in [-0.39, 0.29) is 11.9 Å². The molecule has 0 aliphatic carbocycles. The van der Waals surface area contributed by atoms with Gasteiger partial charge in [-0.25, -0.2) is 0 Å². The van der Waals surface area contributed by atoms with Gasteiger partial charge in [0.05, 0.1) is 6.04 Å². The van der Waals surface area contributed by atoms with Crippen LogP contribution in [0.1, 0.15) is 47.0 Å². The maximum atomic E-state index is 11.8. The van der Waals surface area contributed by atoms with Gasteiger partial charge in [0.2, 0.25) is 5.91 Å². The van der Waals surface area contributed by atoms with Gasteiger partial charge < -0.3 is 10.6 Å². The second-order valence-corrected chi connectivity index (χ2v) is 5.81. The fraction of sp³-hybridized carbons (Fsp3) is 0.923. The predicted octanol–water partition coefficient (Wildman–Crippen LogP) is 2.41. The van der Waals surface area contributed by atoms with E-state index in [1.165, 1.54) is 0 Å². The van der Waals surface area contributed by atoms with E-state index < -0.39 is 0 Å². The highest BCUT2D eigenvalue weighted by atomic mass is 32.2. The first kappa shape index (κ1) is 16.8. The zero-order chi connectivity index (χ0) is 13.3. The summed E-state index contributed by atoms with van der Waals surface area (Å²) in [6.07, 6.45) is 5.22. The van der Waals surface area contributed by atoms with Gasteiger partial charge in [0.15, 0.2) is 0 Å². The molecule has 0 saturated carbocycles. The van der Waals surface area contributed by atoms with Crippen LogP contribution >= 0.6 is 11.8 Å². The van der Waals surface area contributed by atoms with Crippen LogP contribution in [-0.4, -0.2) is 36.0 Å². The largest absolute Gasteiger partial charge is 0.352 e. The number of thioether (sulfide) groups is 1. The van der Waals surface area contributed by atoms with Gasteiger partial charge in [-0.15, -0.1) is 0 Å². The zero-order valence-electron chi connectivity index (χ0n) is 11.9. The number of amides is 1. The lowest BCUT2D eigenvalue weighted by Crippen LogP contribution is -2.46. The van der Waals surface area contributed by atoms with Gasteiger partial charge in [-0.1, -0.05) is 20.8 Å². The Morgan fingerprint density at radius 3 is 2.29 bits per heavy atom. The summed E-state index contributed by atoms with van der Waals surface area (Å²) in [7, 11) is 0. The Labute approximate surface area is 111 Å². The summed E-state index contributed by atoms with van der Waals surface area (Å²) in [5.41, 5.74) is 0. The third-order valence-corrected chi connectivity index (χ3v) is 4.17. The van der Waals surface area contributed by atoms with Gasteiger partial charge in [0.25, 0.3) is 0 Å². The molecule has 0 aliphatic heterocycles. The van der Waals surface area contributed by atoms with Crippen LogP contribution in [0.25, 0.3) is 0 Å². The first-order chi connectivity index (χ1) is 8.04. The molecule has 3 nitrogen and oxygen atoms in total. The molecular formula is C13H28N2OS. The minimum Gasteiger partial charge on any atom is -0.352 e. The first-order valence-electron chi connectivity index (χ1n) is 6.61. The average Bonchev–Trinajstić information content (AvgIpc) is 2.34. The standard InChI is InChI=1S/C13H28N2OS/c1-6-12(7-2)15-13(16)11(4)14-9-8-10(3)17-5/h10-12,14H,6-9H2,1-5H3,(H,15,16). The SMILES string of the molecule is CCC(CC)NC(=O)C(C)NCCC(C)SC. The second kappa shape index (κ2) is 9.77. The van der Waals surface area contributed by atoms with E-state index in [0.29, 0.717) is 11.3 Å². The van der Waals surface area contributed by atoms with E-state index in [1.807, 2.05) is 18.7 Å². The van der Waals surface area contributed by atoms with Gasteiger partial charge in [-0.3, -0.25) is 4.79 Å². The van der Waals surface area contributed by atoms with Crippen LogP contribution in [0.3, 0.4) is 0 Å². The van der Waals surface area contributed by atoms with Gasteiger partial charge in [0.1, 0.15) is 0 Å². The van der Waals surface area contributed by atoms with E-state index in [2.05, 4.69) is 37.7 Å². The Morgan fingerprint density at radius 1 is 1.24 bits per heavy atom. The summed E-state index contributed by atoms with van der Waals surface area (Å²) in [6.45, 7) is 9.25. The Hall–Kier alpha value is -0.220. The maximum Gasteiger partial charge on any atom is 0.237 e. The highest BCUT2D eigenvalue weighted by molar-refractivity contribution is 7.99. The molecule has 0 aromatic rings. The number of carbonyl (C=O) groups excluding carboxylic acids is 1. The van der Waals surface area contributed by atoms with Crippen molar-refractivity contribution in [3.8, 4) is 0 Å². The fourth-order valence-electron chi connectivity index (χ4n) is 1.53. The van der Waals surface area contributed by atoms with Crippen molar-refractivity contribution < 1.29 is 4.79 Å². The monoisotopic (exact) mass is 260 g/mol. The van der Waals surface area contributed by atoms with Crippen LogP contribution in [-0.2, 0) is 4.79 Å². The summed E-state index contributed by atoms with van der Waals surface area (Å²) in [4.78, 5) is 11.8. The number of carbonyl (C=O) groups is 1. The van der Waals surface area contributed by atoms with Crippen LogP contribution in [0.15, 0.2) is 0 Å². The van der Waals surface area contributed by atoms with Crippen molar-refractivity contribution >= 4 is 17.7 Å². The number of hydrogen-bond acceptors (Lipinski definition) is 3. The lowest BCUT2D eigenvalue weighted by atomic mass is 10.1. The van der Waals surface area contributed by atoms with E-state index in [1.54, 1.807) is 0 Å². The predicted molar refractivity (Wildman–Crippen MR) is 77.6 cm³/mol. The molecule has 0 spiro atoms. The smallest absolute Gasteiger partial charge is 0.237 e. The van der Waals surface area contributed by atoms with Crippen molar-refractivity contribution in [2.24, 2.45) is 0 Å². The minimum atomic E-state index is -0.0929. The van der Waals surface area contributed by atoms with Crippen molar-refractivity contribution in [3.05, 3.63) is 0 Å². The molecule has 4 heteroatoms. The fourth-order valence-corrected chi connectivity index (χ4v) is 1.89. The average molecular weight is 260 g/mol. The Morgan fingerprint density at radius 2 is 1.82 bits per heavy atom. The molecule has 0 radical (unpaired) electrons. The maximum absolute atomic E-state index is 11.8. The van der Waals surface area contributed by atoms with Gasteiger partial charge >= 0.3 is 0 Å². The van der Waals surface area contributed by atoms with Crippen molar-refractivity contribution in [2.45, 2.75) is 64.3 Å². The third kappa shape index (κ3) is 7.66. The summed E-state index contributed by atoms with van der Waals surface area (Å²) >= 11 is 1.86. The molecule has 0 bridgehead atoms. The van der Waals surface area contributed by atoms with Crippen molar-refractivity contribution in [1.82, 2.24) is 10.6 Å². The normalized spacial score (nSPS) is 14.7. The summed E-state index contributed by atoms with van der Waals surface area (Å²) < 4.78 is 0. The molecule has 0 aliphatic rings. The topological polar surface area (TPSA) is 41.1 Å². The van der Waals surface area contributed by atoms with Crippen LogP contribution < -0.4 is 10.6 Å². The molecule has 0 saturated heterocycles. The Bertz CT molecular complexity index is 208. The summed E-state index contributed by atoms with van der Waals surface area (Å²) in [5, 5.41) is 6.99. The molecule has 2 unspecified atom stereocenters. The molecule has 2 atom stereocenters. The Balaban J connectivity index is 3.81. The quantitative estimate of drug-likeness (QED) is 0.669. The molecule has 0 rings (SSSR count). The van der Waals surface area contributed by atoms with Crippen molar-refractivity contribution in [1.29, 1.82) is 0 Å². The highest BCUT2D eigenvalue weighted by Gasteiger charge is 2.15. The van der Waals surface area contributed by atoms with Gasteiger partial charge in [-0.2, -0.15) is 11.8 Å². The van der Waals surface area contributed by atoms with Gasteiger partial charge in [0, 0.05) is 11.3 Å². The second-order valence-electron chi connectivity index (χ2n) is 4.53. The van der Waals surface area contributed by atoms with E-state index in [4.69, 9.17) is 0 Å². The lowest BCUT2D eigenvalue weighted by Gasteiger charge is -2.19. The molecule has 17 heavy (non-hydrogen) atoms. The molecule has 1 amide bonds. The number of hydrogen-bond donors (Lipinski definition) is 2. The van der Waals surface area contributed by atoms with Crippen molar-refractivity contribution in [2.75, 3.05) is 12.8 Å². The highest BCUT2D eigenvalue weighted by Crippen LogP contribution is 2.08. The lowest BCUT2D eigenvalue weighted by molar-refractivity contribution is -0.123. The molecule has 0 fully saturated rings. The van der Waals surface area contributed by atoms with Crippen LogP contribution in [0.4, 0.5) is 0 Å².